The summed E-state index contributed by atoms with van der Waals surface area (Å²) in [4.78, 5) is 26.4. The lowest BCUT2D eigenvalue weighted by atomic mass is 10.1. The fourth-order valence-corrected chi connectivity index (χ4v) is 3.78. The van der Waals surface area contributed by atoms with Crippen molar-refractivity contribution in [3.63, 3.8) is 0 Å². The standard InChI is InChI=1S/C26H32ClNO7.C2H6/c1-25(2,3)35-24(31)28(15-20(29)18-7-6-8-19(27)14-18)12-11-17-9-10-21-22(13-17)33-16-26(4,34-21)23(30)32-5;1-2/h6-10,13-14,20,29H,11-12,15-16H2,1-5H3;1-2H3/t20-,26+;/m0./s1. The van der Waals surface area contributed by atoms with Crippen LogP contribution < -0.4 is 9.47 Å². The predicted molar refractivity (Wildman–Crippen MR) is 142 cm³/mol. The van der Waals surface area contributed by atoms with Crippen LogP contribution in [0.5, 0.6) is 11.5 Å². The largest absolute Gasteiger partial charge is 0.485 e. The van der Waals surface area contributed by atoms with Crippen LogP contribution in [0.25, 0.3) is 0 Å². The normalized spacial score (nSPS) is 17.1. The highest BCUT2D eigenvalue weighted by Gasteiger charge is 2.42. The molecule has 0 saturated carbocycles. The van der Waals surface area contributed by atoms with E-state index in [2.05, 4.69) is 0 Å². The van der Waals surface area contributed by atoms with Crippen molar-refractivity contribution >= 4 is 23.7 Å². The van der Waals surface area contributed by atoms with Gasteiger partial charge in [0.05, 0.1) is 19.8 Å². The monoisotopic (exact) mass is 535 g/mol. The van der Waals surface area contributed by atoms with E-state index in [1.54, 1.807) is 58.0 Å². The molecular weight excluding hydrogens is 498 g/mol. The summed E-state index contributed by atoms with van der Waals surface area (Å²) in [7, 11) is 1.30. The van der Waals surface area contributed by atoms with Crippen LogP contribution in [0.3, 0.4) is 0 Å². The number of hydrogen-bond donors (Lipinski definition) is 1. The van der Waals surface area contributed by atoms with Gasteiger partial charge in [-0.25, -0.2) is 9.59 Å². The zero-order valence-corrected chi connectivity index (χ0v) is 23.4. The second kappa shape index (κ2) is 13.0. The summed E-state index contributed by atoms with van der Waals surface area (Å²) in [6, 6.07) is 12.3. The van der Waals surface area contributed by atoms with Crippen molar-refractivity contribution in [2.75, 3.05) is 26.8 Å². The molecule has 1 heterocycles. The van der Waals surface area contributed by atoms with Gasteiger partial charge >= 0.3 is 12.1 Å². The van der Waals surface area contributed by atoms with Gasteiger partial charge in [-0.1, -0.05) is 43.6 Å². The molecule has 0 radical (unpaired) electrons. The van der Waals surface area contributed by atoms with Gasteiger partial charge < -0.3 is 29.0 Å². The predicted octanol–water partition coefficient (Wildman–Crippen LogP) is 5.58. The van der Waals surface area contributed by atoms with Gasteiger partial charge in [0, 0.05) is 11.6 Å². The van der Waals surface area contributed by atoms with Crippen molar-refractivity contribution in [1.82, 2.24) is 4.90 Å². The Kier molecular flexibility index (Phi) is 10.6. The zero-order valence-electron chi connectivity index (χ0n) is 22.7. The van der Waals surface area contributed by atoms with Crippen LogP contribution in [-0.2, 0) is 20.7 Å². The van der Waals surface area contributed by atoms with Crippen LogP contribution in [0.4, 0.5) is 4.79 Å². The van der Waals surface area contributed by atoms with Gasteiger partial charge in [-0.15, -0.1) is 0 Å². The van der Waals surface area contributed by atoms with E-state index in [4.69, 9.17) is 30.5 Å². The first-order valence-electron chi connectivity index (χ1n) is 12.3. The van der Waals surface area contributed by atoms with Crippen LogP contribution in [0.15, 0.2) is 42.5 Å². The number of fused-ring (bicyclic) bond motifs is 1. The molecule has 0 aliphatic carbocycles. The zero-order chi connectivity index (χ0) is 27.8. The first-order valence-corrected chi connectivity index (χ1v) is 12.7. The molecule has 0 aromatic heterocycles. The Morgan fingerprint density at radius 3 is 2.49 bits per heavy atom. The van der Waals surface area contributed by atoms with E-state index < -0.39 is 29.4 Å². The lowest BCUT2D eigenvalue weighted by molar-refractivity contribution is -0.162. The molecule has 37 heavy (non-hydrogen) atoms. The highest BCUT2D eigenvalue weighted by molar-refractivity contribution is 6.30. The molecule has 0 fully saturated rings. The third-order valence-corrected chi connectivity index (χ3v) is 5.65. The van der Waals surface area contributed by atoms with Crippen LogP contribution in [0, 0.1) is 0 Å². The number of amides is 1. The van der Waals surface area contributed by atoms with E-state index >= 15 is 0 Å². The maximum atomic E-state index is 12.9. The Morgan fingerprint density at radius 2 is 1.86 bits per heavy atom. The Balaban J connectivity index is 0.00000235. The second-order valence-electron chi connectivity index (χ2n) is 9.64. The molecular formula is C28H38ClNO7. The van der Waals surface area contributed by atoms with E-state index in [-0.39, 0.29) is 13.2 Å². The molecule has 0 saturated heterocycles. The number of hydrogen-bond acceptors (Lipinski definition) is 7. The number of rotatable bonds is 7. The molecule has 2 aromatic rings. The average molecular weight is 536 g/mol. The molecule has 2 atom stereocenters. The van der Waals surface area contributed by atoms with Gasteiger partial charge in [0.1, 0.15) is 12.2 Å². The summed E-state index contributed by atoms with van der Waals surface area (Å²) >= 11 is 6.05. The molecule has 1 amide bonds. The number of nitrogens with zero attached hydrogens (tertiary/aromatic N) is 1. The van der Waals surface area contributed by atoms with Gasteiger partial charge in [-0.05, 0) is 69.5 Å². The van der Waals surface area contributed by atoms with Crippen molar-refractivity contribution < 1.29 is 33.6 Å². The molecule has 0 spiro atoms. The van der Waals surface area contributed by atoms with Crippen LogP contribution in [0.2, 0.25) is 5.02 Å². The molecule has 3 rings (SSSR count). The number of halogens is 1. The SMILES string of the molecule is CC.COC(=O)[C@@]1(C)COc2cc(CCN(C[C@H](O)c3cccc(Cl)c3)C(=O)OC(C)(C)C)ccc2O1. The maximum Gasteiger partial charge on any atom is 0.410 e. The number of methoxy groups -OCH3 is 1. The van der Waals surface area contributed by atoms with E-state index in [0.717, 1.165) is 5.56 Å². The van der Waals surface area contributed by atoms with Crippen LogP contribution in [-0.4, -0.2) is 60.1 Å². The highest BCUT2D eigenvalue weighted by Crippen LogP contribution is 2.36. The lowest BCUT2D eigenvalue weighted by Crippen LogP contribution is -2.49. The number of benzene rings is 2. The summed E-state index contributed by atoms with van der Waals surface area (Å²) in [6.07, 6.45) is -0.977. The van der Waals surface area contributed by atoms with Crippen molar-refractivity contribution in [2.24, 2.45) is 0 Å². The van der Waals surface area contributed by atoms with E-state index in [0.29, 0.717) is 35.1 Å². The Morgan fingerprint density at radius 1 is 1.16 bits per heavy atom. The van der Waals surface area contributed by atoms with Crippen LogP contribution >= 0.6 is 11.6 Å². The first-order chi connectivity index (χ1) is 17.4. The summed E-state index contributed by atoms with van der Waals surface area (Å²) in [5, 5.41) is 11.3. The fourth-order valence-electron chi connectivity index (χ4n) is 3.58. The number of aliphatic hydroxyl groups excluding tert-OH is 1. The third kappa shape index (κ3) is 8.54. The molecule has 204 valence electrons. The van der Waals surface area contributed by atoms with Gasteiger partial charge in [0.15, 0.2) is 11.5 Å². The van der Waals surface area contributed by atoms with E-state index in [1.165, 1.54) is 12.0 Å². The number of esters is 1. The molecule has 1 aliphatic rings. The van der Waals surface area contributed by atoms with Crippen LogP contribution in [0.1, 0.15) is 58.8 Å². The summed E-state index contributed by atoms with van der Waals surface area (Å²) in [5.74, 6) is 0.429. The molecule has 0 unspecified atom stereocenters. The topological polar surface area (TPSA) is 94.5 Å². The van der Waals surface area contributed by atoms with Crippen molar-refractivity contribution in [3.05, 3.63) is 58.6 Å². The number of aliphatic hydroxyl groups is 1. The number of carbonyl (C=O) groups excluding carboxylic acids is 2. The van der Waals surface area contributed by atoms with Crippen molar-refractivity contribution in [1.29, 1.82) is 0 Å². The van der Waals surface area contributed by atoms with Gasteiger partial charge in [0.2, 0.25) is 5.60 Å². The van der Waals surface area contributed by atoms with Gasteiger partial charge in [-0.3, -0.25) is 0 Å². The fraction of sp³-hybridized carbons (Fsp3) is 0.500. The summed E-state index contributed by atoms with van der Waals surface area (Å²) in [6.45, 7) is 11.3. The van der Waals surface area contributed by atoms with Crippen molar-refractivity contribution in [3.8, 4) is 11.5 Å². The van der Waals surface area contributed by atoms with Crippen molar-refractivity contribution in [2.45, 2.75) is 65.3 Å². The lowest BCUT2D eigenvalue weighted by Gasteiger charge is -2.33. The minimum atomic E-state index is -1.22. The molecule has 1 aliphatic heterocycles. The Labute approximate surface area is 224 Å². The summed E-state index contributed by atoms with van der Waals surface area (Å²) < 4.78 is 22.0. The maximum absolute atomic E-state index is 12.9. The Hall–Kier alpha value is -2.97. The first kappa shape index (κ1) is 30.3. The average Bonchev–Trinajstić information content (AvgIpc) is 2.86. The second-order valence-corrected chi connectivity index (χ2v) is 10.1. The number of carbonyl (C=O) groups is 2. The minimum Gasteiger partial charge on any atom is -0.485 e. The Bertz CT molecular complexity index is 1070. The third-order valence-electron chi connectivity index (χ3n) is 5.41. The molecule has 0 bridgehead atoms. The molecule has 2 aromatic carbocycles. The number of ether oxygens (including phenoxy) is 4. The quantitative estimate of drug-likeness (QED) is 0.462. The molecule has 1 N–H and O–H groups in total. The highest BCUT2D eigenvalue weighted by atomic mass is 35.5. The summed E-state index contributed by atoms with van der Waals surface area (Å²) in [5.41, 5.74) is -0.397. The molecule has 8 nitrogen and oxygen atoms in total. The molecule has 9 heteroatoms. The van der Waals surface area contributed by atoms with Gasteiger partial charge in [0.25, 0.3) is 0 Å². The smallest absolute Gasteiger partial charge is 0.410 e. The van der Waals surface area contributed by atoms with Gasteiger partial charge in [-0.2, -0.15) is 0 Å². The van der Waals surface area contributed by atoms with E-state index in [9.17, 15) is 14.7 Å². The van der Waals surface area contributed by atoms with E-state index in [1.807, 2.05) is 26.0 Å². The minimum absolute atomic E-state index is 0.0198.